The van der Waals surface area contributed by atoms with E-state index >= 15 is 0 Å². The van der Waals surface area contributed by atoms with E-state index < -0.39 is 0 Å². The molecule has 2 N–H and O–H groups in total. The smallest absolute Gasteiger partial charge is 0.186 e. The summed E-state index contributed by atoms with van der Waals surface area (Å²) in [6, 6.07) is 0. The van der Waals surface area contributed by atoms with Gasteiger partial charge in [0.1, 0.15) is 0 Å². The Labute approximate surface area is 91.3 Å². The quantitative estimate of drug-likeness (QED) is 0.518. The van der Waals surface area contributed by atoms with Gasteiger partial charge in [-0.15, -0.1) is 0 Å². The van der Waals surface area contributed by atoms with Crippen LogP contribution >= 0.6 is 12.2 Å². The molecule has 0 amide bonds. The third kappa shape index (κ3) is 4.56. The van der Waals surface area contributed by atoms with Gasteiger partial charge in [0.25, 0.3) is 0 Å². The van der Waals surface area contributed by atoms with Gasteiger partial charge in [-0.25, -0.2) is 0 Å². The highest BCUT2D eigenvalue weighted by Gasteiger charge is 2.04. The fourth-order valence-corrected chi connectivity index (χ4v) is 1.66. The Bertz CT molecular complexity index is 203. The van der Waals surface area contributed by atoms with Crippen LogP contribution in [0.15, 0.2) is 5.10 Å². The number of hydrogen-bond donors (Lipinski definition) is 2. The zero-order valence-corrected chi connectivity index (χ0v) is 9.62. The predicted octanol–water partition coefficient (Wildman–Crippen LogP) is 2.18. The van der Waals surface area contributed by atoms with Gasteiger partial charge in [-0.05, 0) is 37.9 Å². The van der Waals surface area contributed by atoms with Gasteiger partial charge in [0.05, 0.1) is 0 Å². The average Bonchev–Trinajstić information content (AvgIpc) is 2.15. The molecular weight excluding hydrogens is 194 g/mol. The van der Waals surface area contributed by atoms with E-state index in [2.05, 4.69) is 15.8 Å². The molecule has 0 unspecified atom stereocenters. The monoisotopic (exact) mass is 213 g/mol. The lowest BCUT2D eigenvalue weighted by Crippen LogP contribution is -2.29. The normalized spacial score (nSPS) is 17.9. The lowest BCUT2D eigenvalue weighted by atomic mass is 9.99. The molecule has 3 nitrogen and oxygen atoms in total. The van der Waals surface area contributed by atoms with Crippen LogP contribution in [0.1, 0.15) is 44.9 Å². The van der Waals surface area contributed by atoms with Crippen molar-refractivity contribution in [2.24, 2.45) is 5.10 Å². The van der Waals surface area contributed by atoms with Crippen molar-refractivity contribution < 1.29 is 0 Å². The molecule has 14 heavy (non-hydrogen) atoms. The lowest BCUT2D eigenvalue weighted by Gasteiger charge is -2.11. The zero-order chi connectivity index (χ0) is 10.2. The predicted molar refractivity (Wildman–Crippen MR) is 64.5 cm³/mol. The number of rotatable bonds is 1. The summed E-state index contributed by atoms with van der Waals surface area (Å²) in [6.07, 6.45) is 8.86. The summed E-state index contributed by atoms with van der Waals surface area (Å²) in [6.45, 7) is 0. The minimum atomic E-state index is 0.597. The molecule has 0 atom stereocenters. The second-order valence-corrected chi connectivity index (χ2v) is 4.04. The highest BCUT2D eigenvalue weighted by molar-refractivity contribution is 7.80. The average molecular weight is 213 g/mol. The maximum atomic E-state index is 4.96. The van der Waals surface area contributed by atoms with Crippen LogP contribution in [0.2, 0.25) is 0 Å². The van der Waals surface area contributed by atoms with E-state index in [1.165, 1.54) is 37.8 Å². The summed E-state index contributed by atoms with van der Waals surface area (Å²) in [7, 11) is 1.80. The van der Waals surface area contributed by atoms with Gasteiger partial charge in [-0.2, -0.15) is 5.10 Å². The zero-order valence-electron chi connectivity index (χ0n) is 8.81. The fraction of sp³-hybridized carbons (Fsp3) is 0.800. The van der Waals surface area contributed by atoms with Crippen LogP contribution in [0.4, 0.5) is 0 Å². The Kier molecular flexibility index (Phi) is 5.52. The molecule has 80 valence electrons. The highest BCUT2D eigenvalue weighted by atomic mass is 32.1. The van der Waals surface area contributed by atoms with Gasteiger partial charge in [-0.1, -0.05) is 19.3 Å². The van der Waals surface area contributed by atoms with Crippen LogP contribution in [0.5, 0.6) is 0 Å². The summed E-state index contributed by atoms with van der Waals surface area (Å²) < 4.78 is 0. The first-order valence-electron chi connectivity index (χ1n) is 5.36. The molecule has 1 fully saturated rings. The molecule has 4 heteroatoms. The van der Waals surface area contributed by atoms with E-state index in [1.807, 2.05) is 0 Å². The van der Waals surface area contributed by atoms with E-state index in [1.54, 1.807) is 7.05 Å². The summed E-state index contributed by atoms with van der Waals surface area (Å²) in [5, 5.41) is 7.76. The minimum Gasteiger partial charge on any atom is -0.364 e. The molecule has 0 bridgehead atoms. The first-order valence-corrected chi connectivity index (χ1v) is 5.77. The van der Waals surface area contributed by atoms with Crippen LogP contribution in [-0.2, 0) is 0 Å². The number of nitrogens with one attached hydrogen (secondary N) is 2. The van der Waals surface area contributed by atoms with Crippen molar-refractivity contribution in [3.05, 3.63) is 0 Å². The minimum absolute atomic E-state index is 0.597. The molecule has 0 aromatic carbocycles. The summed E-state index contributed by atoms with van der Waals surface area (Å²) in [4.78, 5) is 0. The van der Waals surface area contributed by atoms with Crippen molar-refractivity contribution in [3.8, 4) is 0 Å². The van der Waals surface area contributed by atoms with Crippen LogP contribution in [0.25, 0.3) is 0 Å². The SMILES string of the molecule is CNC(=S)NN=C1CCCCCCC1. The van der Waals surface area contributed by atoms with Gasteiger partial charge in [0.2, 0.25) is 0 Å². The van der Waals surface area contributed by atoms with Crippen molar-refractivity contribution in [3.63, 3.8) is 0 Å². The van der Waals surface area contributed by atoms with E-state index in [9.17, 15) is 0 Å². The molecule has 1 aliphatic carbocycles. The van der Waals surface area contributed by atoms with Crippen molar-refractivity contribution in [2.45, 2.75) is 44.9 Å². The molecule has 1 saturated carbocycles. The van der Waals surface area contributed by atoms with Crippen molar-refractivity contribution in [1.29, 1.82) is 0 Å². The molecule has 0 heterocycles. The highest BCUT2D eigenvalue weighted by Crippen LogP contribution is 2.14. The fourth-order valence-electron chi connectivity index (χ4n) is 1.61. The number of hydrogen-bond acceptors (Lipinski definition) is 2. The maximum absolute atomic E-state index is 4.96. The standard InChI is InChI=1S/C10H19N3S/c1-11-10(14)13-12-9-7-5-3-2-4-6-8-9/h2-8H2,1H3,(H2,11,13,14). The summed E-state index contributed by atoms with van der Waals surface area (Å²) in [5.41, 5.74) is 4.12. The largest absolute Gasteiger partial charge is 0.364 e. The molecule has 0 saturated heterocycles. The Balaban J connectivity index is 2.35. The first kappa shape index (κ1) is 11.4. The van der Waals surface area contributed by atoms with E-state index in [0.717, 1.165) is 12.8 Å². The van der Waals surface area contributed by atoms with Crippen LogP contribution in [0, 0.1) is 0 Å². The molecule has 0 spiro atoms. The Morgan fingerprint density at radius 3 is 2.29 bits per heavy atom. The molecule has 0 radical (unpaired) electrons. The van der Waals surface area contributed by atoms with Crippen molar-refractivity contribution in [2.75, 3.05) is 7.05 Å². The van der Waals surface area contributed by atoms with Gasteiger partial charge in [0.15, 0.2) is 5.11 Å². The Hall–Kier alpha value is -0.640. The summed E-state index contributed by atoms with van der Waals surface area (Å²) >= 11 is 4.96. The van der Waals surface area contributed by atoms with Crippen molar-refractivity contribution in [1.82, 2.24) is 10.7 Å². The second-order valence-electron chi connectivity index (χ2n) is 3.64. The second kappa shape index (κ2) is 6.76. The third-order valence-corrected chi connectivity index (χ3v) is 2.77. The van der Waals surface area contributed by atoms with Crippen LogP contribution in [0.3, 0.4) is 0 Å². The molecule has 0 aliphatic heterocycles. The topological polar surface area (TPSA) is 36.4 Å². The first-order chi connectivity index (χ1) is 6.83. The molecule has 0 aromatic rings. The van der Waals surface area contributed by atoms with Gasteiger partial charge < -0.3 is 5.32 Å². The van der Waals surface area contributed by atoms with E-state index in [0.29, 0.717) is 5.11 Å². The van der Waals surface area contributed by atoms with E-state index in [4.69, 9.17) is 12.2 Å². The van der Waals surface area contributed by atoms with Gasteiger partial charge in [0, 0.05) is 12.8 Å². The van der Waals surface area contributed by atoms with Crippen LogP contribution in [-0.4, -0.2) is 17.9 Å². The molecule has 1 aliphatic rings. The third-order valence-electron chi connectivity index (χ3n) is 2.47. The summed E-state index contributed by atoms with van der Waals surface area (Å²) in [5.74, 6) is 0. The molecule has 0 aromatic heterocycles. The van der Waals surface area contributed by atoms with E-state index in [-0.39, 0.29) is 0 Å². The molecular formula is C10H19N3S. The Morgan fingerprint density at radius 2 is 1.71 bits per heavy atom. The van der Waals surface area contributed by atoms with Crippen LogP contribution < -0.4 is 10.7 Å². The number of thiocarbonyl (C=S) groups is 1. The maximum Gasteiger partial charge on any atom is 0.186 e. The van der Waals surface area contributed by atoms with Gasteiger partial charge >= 0.3 is 0 Å². The molecule has 1 rings (SSSR count). The number of hydrazone groups is 1. The number of nitrogens with zero attached hydrogens (tertiary/aromatic N) is 1. The Morgan fingerprint density at radius 1 is 1.14 bits per heavy atom. The van der Waals surface area contributed by atoms with Gasteiger partial charge in [-0.3, -0.25) is 5.43 Å². The van der Waals surface area contributed by atoms with Crippen molar-refractivity contribution >= 4 is 23.0 Å². The lowest BCUT2D eigenvalue weighted by molar-refractivity contribution is 0.604.